The third kappa shape index (κ3) is 2.36. The van der Waals surface area contributed by atoms with E-state index in [0.717, 1.165) is 4.90 Å². The number of anilines is 1. The zero-order valence-electron chi connectivity index (χ0n) is 8.83. The van der Waals surface area contributed by atoms with Gasteiger partial charge in [0, 0.05) is 19.2 Å². The number of β-amino-alcohol motifs (C(OH)–C–C–N with tert-alkyl or cyclic N) is 1. The average molecular weight is 240 g/mol. The molecule has 17 heavy (non-hydrogen) atoms. The van der Waals surface area contributed by atoms with Gasteiger partial charge in [0.15, 0.2) is 0 Å². The van der Waals surface area contributed by atoms with Crippen molar-refractivity contribution in [2.24, 2.45) is 0 Å². The second-order valence-electron chi connectivity index (χ2n) is 3.81. The number of aliphatic hydroxyl groups excluding tert-OH is 1. The molecule has 1 aromatic rings. The summed E-state index contributed by atoms with van der Waals surface area (Å²) in [5, 5.41) is 27.0. The predicted molar refractivity (Wildman–Crippen MR) is 56.4 cm³/mol. The monoisotopic (exact) mass is 240 g/mol. The second-order valence-corrected chi connectivity index (χ2v) is 3.81. The van der Waals surface area contributed by atoms with Crippen LogP contribution < -0.4 is 5.32 Å². The van der Waals surface area contributed by atoms with Crippen LogP contribution in [0.4, 0.5) is 10.5 Å². The minimum absolute atomic E-state index is 0.0145. The van der Waals surface area contributed by atoms with E-state index in [2.05, 4.69) is 15.5 Å². The van der Waals surface area contributed by atoms with Crippen molar-refractivity contribution in [1.29, 1.82) is 0 Å². The lowest BCUT2D eigenvalue weighted by molar-refractivity contribution is -0.141. The van der Waals surface area contributed by atoms with Crippen LogP contribution in [0.3, 0.4) is 0 Å². The molecule has 0 aromatic carbocycles. The van der Waals surface area contributed by atoms with Gasteiger partial charge in [-0.25, -0.2) is 9.59 Å². The zero-order valence-corrected chi connectivity index (χ0v) is 8.83. The van der Waals surface area contributed by atoms with E-state index in [1.54, 1.807) is 0 Å². The normalized spacial score (nSPS) is 23.7. The number of hydrogen-bond acceptors (Lipinski definition) is 4. The first-order valence-electron chi connectivity index (χ1n) is 5.05. The number of amides is 2. The third-order valence-corrected chi connectivity index (χ3v) is 2.57. The molecule has 1 unspecified atom stereocenters. The second kappa shape index (κ2) is 4.42. The Bertz CT molecular complexity index is 419. The number of rotatable bonds is 2. The van der Waals surface area contributed by atoms with Gasteiger partial charge >= 0.3 is 12.0 Å². The number of nitrogens with zero attached hydrogens (tertiary/aromatic N) is 2. The maximum Gasteiger partial charge on any atom is 0.326 e. The number of nitrogens with one attached hydrogen (secondary N) is 2. The van der Waals surface area contributed by atoms with E-state index in [1.807, 2.05) is 0 Å². The average Bonchev–Trinajstić information content (AvgIpc) is 2.86. The van der Waals surface area contributed by atoms with Crippen molar-refractivity contribution in [2.75, 3.05) is 11.9 Å². The molecule has 1 saturated heterocycles. The Morgan fingerprint density at radius 3 is 2.94 bits per heavy atom. The number of aromatic nitrogens is 2. The van der Waals surface area contributed by atoms with Crippen LogP contribution >= 0.6 is 0 Å². The van der Waals surface area contributed by atoms with Gasteiger partial charge in [0.05, 0.1) is 18.0 Å². The number of aromatic amines is 1. The van der Waals surface area contributed by atoms with Crippen LogP contribution in [0.25, 0.3) is 0 Å². The Morgan fingerprint density at radius 2 is 2.35 bits per heavy atom. The third-order valence-electron chi connectivity index (χ3n) is 2.57. The lowest BCUT2D eigenvalue weighted by atomic mass is 10.2. The van der Waals surface area contributed by atoms with Crippen molar-refractivity contribution in [1.82, 2.24) is 15.1 Å². The van der Waals surface area contributed by atoms with Crippen molar-refractivity contribution in [3.8, 4) is 0 Å². The van der Waals surface area contributed by atoms with Crippen molar-refractivity contribution in [2.45, 2.75) is 18.6 Å². The van der Waals surface area contributed by atoms with Gasteiger partial charge in [-0.05, 0) is 0 Å². The van der Waals surface area contributed by atoms with Gasteiger partial charge in [0.2, 0.25) is 0 Å². The van der Waals surface area contributed by atoms with E-state index in [4.69, 9.17) is 5.11 Å². The first kappa shape index (κ1) is 11.4. The number of carbonyl (C=O) groups is 2. The minimum Gasteiger partial charge on any atom is -0.480 e. The first-order chi connectivity index (χ1) is 8.08. The first-order valence-corrected chi connectivity index (χ1v) is 5.05. The summed E-state index contributed by atoms with van der Waals surface area (Å²) in [6, 6.07) is -1.55. The molecule has 2 atom stereocenters. The molecule has 4 N–H and O–H groups in total. The molecule has 2 amide bonds. The molecule has 0 aliphatic carbocycles. The van der Waals surface area contributed by atoms with Crippen LogP contribution in [-0.2, 0) is 4.79 Å². The summed E-state index contributed by atoms with van der Waals surface area (Å²) in [5.74, 6) is -1.12. The van der Waals surface area contributed by atoms with E-state index in [9.17, 15) is 14.7 Å². The summed E-state index contributed by atoms with van der Waals surface area (Å²) in [5.41, 5.74) is 0.445. The van der Waals surface area contributed by atoms with E-state index < -0.39 is 24.1 Å². The fourth-order valence-corrected chi connectivity index (χ4v) is 1.79. The Hall–Kier alpha value is -2.09. The van der Waals surface area contributed by atoms with Crippen LogP contribution in [0.15, 0.2) is 12.4 Å². The summed E-state index contributed by atoms with van der Waals surface area (Å²) in [6.07, 6.45) is 2.13. The predicted octanol–water partition coefficient (Wildman–Crippen LogP) is -0.539. The van der Waals surface area contributed by atoms with Crippen LogP contribution in [0.2, 0.25) is 0 Å². The number of carboxylic acid groups (broad SMARTS) is 1. The van der Waals surface area contributed by atoms with Gasteiger partial charge in [-0.2, -0.15) is 5.10 Å². The number of urea groups is 1. The Morgan fingerprint density at radius 1 is 1.59 bits per heavy atom. The van der Waals surface area contributed by atoms with Crippen molar-refractivity contribution < 1.29 is 19.8 Å². The molecule has 8 nitrogen and oxygen atoms in total. The Labute approximate surface area is 96.2 Å². The SMILES string of the molecule is O=C(O)[C@@H]1CC(O)CN1C(=O)Nc1cn[nH]c1. The molecule has 2 heterocycles. The molecule has 1 aliphatic rings. The fraction of sp³-hybridized carbons (Fsp3) is 0.444. The molecule has 1 fully saturated rings. The highest BCUT2D eigenvalue weighted by Crippen LogP contribution is 2.19. The largest absolute Gasteiger partial charge is 0.480 e. The maximum atomic E-state index is 11.8. The van der Waals surface area contributed by atoms with E-state index in [1.165, 1.54) is 12.4 Å². The van der Waals surface area contributed by atoms with Crippen LogP contribution in [-0.4, -0.2) is 56.0 Å². The maximum absolute atomic E-state index is 11.8. The standard InChI is InChI=1S/C9H12N4O4/c14-6-1-7(8(15)16)13(4-6)9(17)12-5-2-10-11-3-5/h2-3,6-7,14H,1,4H2,(H,10,11)(H,12,17)(H,15,16)/t6?,7-/m0/s1. The number of likely N-dealkylation sites (tertiary alicyclic amines) is 1. The van der Waals surface area contributed by atoms with Crippen LogP contribution in [0, 0.1) is 0 Å². The number of carboxylic acids is 1. The highest BCUT2D eigenvalue weighted by Gasteiger charge is 2.38. The molecule has 0 spiro atoms. The zero-order chi connectivity index (χ0) is 12.4. The molecule has 1 aliphatic heterocycles. The van der Waals surface area contributed by atoms with Gasteiger partial charge in [0.1, 0.15) is 6.04 Å². The smallest absolute Gasteiger partial charge is 0.326 e. The molecular formula is C9H12N4O4. The molecule has 0 saturated carbocycles. The quantitative estimate of drug-likeness (QED) is 0.553. The highest BCUT2D eigenvalue weighted by atomic mass is 16.4. The topological polar surface area (TPSA) is 119 Å². The van der Waals surface area contributed by atoms with Gasteiger partial charge < -0.3 is 20.4 Å². The molecule has 0 bridgehead atoms. The van der Waals surface area contributed by atoms with Gasteiger partial charge in [-0.3, -0.25) is 5.10 Å². The summed E-state index contributed by atoms with van der Waals surface area (Å²) in [7, 11) is 0. The van der Waals surface area contributed by atoms with Gasteiger partial charge in [-0.15, -0.1) is 0 Å². The van der Waals surface area contributed by atoms with E-state index in [0.29, 0.717) is 5.69 Å². The minimum atomic E-state index is -1.12. The Balaban J connectivity index is 2.05. The van der Waals surface area contributed by atoms with Gasteiger partial charge in [0.25, 0.3) is 0 Å². The number of carbonyl (C=O) groups excluding carboxylic acids is 1. The lowest BCUT2D eigenvalue weighted by Gasteiger charge is -2.20. The molecule has 0 radical (unpaired) electrons. The van der Waals surface area contributed by atoms with Crippen molar-refractivity contribution in [3.63, 3.8) is 0 Å². The molecular weight excluding hydrogens is 228 g/mol. The molecule has 92 valence electrons. The lowest BCUT2D eigenvalue weighted by Crippen LogP contribution is -2.42. The van der Waals surface area contributed by atoms with Crippen molar-refractivity contribution >= 4 is 17.7 Å². The Kier molecular flexibility index (Phi) is 2.96. The van der Waals surface area contributed by atoms with E-state index in [-0.39, 0.29) is 13.0 Å². The number of aliphatic hydroxyl groups is 1. The summed E-state index contributed by atoms with van der Waals surface area (Å²) >= 11 is 0. The number of aliphatic carboxylic acids is 1. The van der Waals surface area contributed by atoms with Crippen LogP contribution in [0.5, 0.6) is 0 Å². The fourth-order valence-electron chi connectivity index (χ4n) is 1.79. The highest BCUT2D eigenvalue weighted by molar-refractivity contribution is 5.92. The van der Waals surface area contributed by atoms with Crippen molar-refractivity contribution in [3.05, 3.63) is 12.4 Å². The molecule has 8 heteroatoms. The summed E-state index contributed by atoms with van der Waals surface area (Å²) in [6.45, 7) is 0.0145. The summed E-state index contributed by atoms with van der Waals surface area (Å²) in [4.78, 5) is 23.8. The number of H-pyrrole nitrogens is 1. The van der Waals surface area contributed by atoms with Crippen LogP contribution in [0.1, 0.15) is 6.42 Å². The van der Waals surface area contributed by atoms with E-state index >= 15 is 0 Å². The molecule has 1 aromatic heterocycles. The number of hydrogen-bond donors (Lipinski definition) is 4. The molecule has 2 rings (SSSR count). The summed E-state index contributed by atoms with van der Waals surface area (Å²) < 4.78 is 0. The van der Waals surface area contributed by atoms with Gasteiger partial charge in [-0.1, -0.05) is 0 Å².